The molecule has 0 bridgehead atoms. The van der Waals surface area contributed by atoms with Gasteiger partial charge in [-0.1, -0.05) is 6.08 Å². The van der Waals surface area contributed by atoms with Crippen LogP contribution in [0.4, 0.5) is 8.78 Å². The Morgan fingerprint density at radius 2 is 2.22 bits per heavy atom. The number of nitrogens with one attached hydrogen (secondary N) is 1. The predicted octanol–water partition coefficient (Wildman–Crippen LogP) is 2.13. The number of esters is 1. The van der Waals surface area contributed by atoms with Crippen molar-refractivity contribution in [2.24, 2.45) is 0 Å². The lowest BCUT2D eigenvalue weighted by Crippen LogP contribution is -2.48. The third-order valence-corrected chi connectivity index (χ3v) is 2.66. The van der Waals surface area contributed by atoms with Crippen molar-refractivity contribution in [3.05, 3.63) is 48.1 Å². The quantitative estimate of drug-likeness (QED) is 0.647. The zero-order chi connectivity index (χ0) is 13.8. The summed E-state index contributed by atoms with van der Waals surface area (Å²) in [5.41, 5.74) is -1.56. The molecule has 0 fully saturated rings. The molecular weight excluding hydrogens is 240 g/mol. The van der Waals surface area contributed by atoms with Gasteiger partial charge in [0.05, 0.1) is 7.11 Å². The van der Waals surface area contributed by atoms with Gasteiger partial charge in [-0.3, -0.25) is 5.32 Å². The molecule has 18 heavy (non-hydrogen) atoms. The second-order valence-corrected chi connectivity index (χ2v) is 3.91. The van der Waals surface area contributed by atoms with Gasteiger partial charge < -0.3 is 4.74 Å². The smallest absolute Gasteiger partial charge is 0.330 e. The fraction of sp³-hybridized carbons (Fsp3) is 0.308. The van der Waals surface area contributed by atoms with Gasteiger partial charge in [-0.15, -0.1) is 6.58 Å². The number of carbonyl (C=O) groups excluding carboxylic acids is 1. The third-order valence-electron chi connectivity index (χ3n) is 2.66. The normalized spacial score (nSPS) is 13.8. The van der Waals surface area contributed by atoms with E-state index in [4.69, 9.17) is 0 Å². The topological polar surface area (TPSA) is 38.3 Å². The predicted molar refractivity (Wildman–Crippen MR) is 63.9 cm³/mol. The maximum Gasteiger partial charge on any atom is 0.330 e. The zero-order valence-electron chi connectivity index (χ0n) is 10.3. The molecule has 0 aromatic heterocycles. The molecule has 1 unspecified atom stereocenters. The number of rotatable bonds is 5. The van der Waals surface area contributed by atoms with E-state index in [0.717, 1.165) is 18.2 Å². The van der Waals surface area contributed by atoms with Gasteiger partial charge in [0.25, 0.3) is 0 Å². The molecule has 1 N–H and O–H groups in total. The Labute approximate surface area is 104 Å². The van der Waals surface area contributed by atoms with Crippen LogP contribution in [-0.2, 0) is 15.1 Å². The van der Waals surface area contributed by atoms with Gasteiger partial charge in [0.15, 0.2) is 0 Å². The lowest BCUT2D eigenvalue weighted by molar-refractivity contribution is -0.148. The number of hydrogen-bond acceptors (Lipinski definition) is 3. The highest BCUT2D eigenvalue weighted by atomic mass is 19.1. The van der Waals surface area contributed by atoms with Crippen LogP contribution in [0.5, 0.6) is 0 Å². The van der Waals surface area contributed by atoms with Crippen LogP contribution in [0.15, 0.2) is 30.9 Å². The van der Waals surface area contributed by atoms with Gasteiger partial charge in [0.1, 0.15) is 17.2 Å². The van der Waals surface area contributed by atoms with Gasteiger partial charge in [-0.2, -0.15) is 0 Å². The fourth-order valence-electron chi connectivity index (χ4n) is 1.64. The van der Waals surface area contributed by atoms with Gasteiger partial charge in [-0.25, -0.2) is 13.6 Å². The number of hydrogen-bond donors (Lipinski definition) is 1. The van der Waals surface area contributed by atoms with Crippen molar-refractivity contribution in [2.45, 2.75) is 12.5 Å². The summed E-state index contributed by atoms with van der Waals surface area (Å²) >= 11 is 0. The molecule has 1 rings (SSSR count). The molecule has 0 amide bonds. The Kier molecular flexibility index (Phi) is 4.55. The first kappa shape index (κ1) is 14.3. The van der Waals surface area contributed by atoms with E-state index in [-0.39, 0.29) is 12.1 Å². The molecule has 0 radical (unpaired) electrons. The van der Waals surface area contributed by atoms with Crippen molar-refractivity contribution in [1.82, 2.24) is 5.32 Å². The number of carbonyl (C=O) groups is 1. The molecule has 0 aliphatic carbocycles. The van der Waals surface area contributed by atoms with Crippen LogP contribution in [0.3, 0.4) is 0 Å². The van der Waals surface area contributed by atoms with E-state index in [9.17, 15) is 13.6 Å². The molecule has 0 saturated carbocycles. The van der Waals surface area contributed by atoms with Gasteiger partial charge >= 0.3 is 5.97 Å². The van der Waals surface area contributed by atoms with Crippen molar-refractivity contribution in [3.63, 3.8) is 0 Å². The first-order valence-corrected chi connectivity index (χ1v) is 5.35. The van der Waals surface area contributed by atoms with E-state index < -0.39 is 23.1 Å². The highest BCUT2D eigenvalue weighted by molar-refractivity contribution is 5.82. The van der Waals surface area contributed by atoms with Crippen molar-refractivity contribution >= 4 is 5.97 Å². The molecule has 5 heteroatoms. The average molecular weight is 255 g/mol. The SMILES string of the molecule is C=CCNC(C)(C(=O)OC)c1cc(F)ccc1F. The summed E-state index contributed by atoms with van der Waals surface area (Å²) in [5, 5.41) is 2.78. The van der Waals surface area contributed by atoms with Crippen LogP contribution in [-0.4, -0.2) is 19.6 Å². The Balaban J connectivity index is 3.28. The van der Waals surface area contributed by atoms with E-state index in [1.807, 2.05) is 0 Å². The Morgan fingerprint density at radius 1 is 1.56 bits per heavy atom. The summed E-state index contributed by atoms with van der Waals surface area (Å²) in [4.78, 5) is 11.8. The second-order valence-electron chi connectivity index (χ2n) is 3.91. The molecule has 98 valence electrons. The van der Waals surface area contributed by atoms with Crippen LogP contribution < -0.4 is 5.32 Å². The second kappa shape index (κ2) is 5.73. The Hall–Kier alpha value is -1.75. The molecule has 1 atom stereocenters. The van der Waals surface area contributed by atoms with Crippen LogP contribution in [0.1, 0.15) is 12.5 Å². The first-order chi connectivity index (χ1) is 8.45. The number of halogens is 2. The molecule has 3 nitrogen and oxygen atoms in total. The molecule has 0 aliphatic heterocycles. The molecule has 1 aromatic carbocycles. The lowest BCUT2D eigenvalue weighted by atomic mass is 9.91. The van der Waals surface area contributed by atoms with E-state index >= 15 is 0 Å². The Morgan fingerprint density at radius 3 is 2.78 bits per heavy atom. The van der Waals surface area contributed by atoms with E-state index in [2.05, 4.69) is 16.6 Å². The molecule has 0 saturated heterocycles. The van der Waals surface area contributed by atoms with Gasteiger partial charge in [-0.05, 0) is 25.1 Å². The maximum atomic E-state index is 13.7. The third kappa shape index (κ3) is 2.73. The monoisotopic (exact) mass is 255 g/mol. The van der Waals surface area contributed by atoms with Crippen LogP contribution in [0.2, 0.25) is 0 Å². The molecule has 0 spiro atoms. The van der Waals surface area contributed by atoms with Crippen molar-refractivity contribution < 1.29 is 18.3 Å². The molecule has 1 aromatic rings. The summed E-state index contributed by atoms with van der Waals surface area (Å²) in [5.74, 6) is -2.00. The minimum Gasteiger partial charge on any atom is -0.467 e. The van der Waals surface area contributed by atoms with Crippen molar-refractivity contribution in [3.8, 4) is 0 Å². The first-order valence-electron chi connectivity index (χ1n) is 5.35. The minimum absolute atomic E-state index is 0.101. The molecule has 0 heterocycles. The number of methoxy groups -OCH3 is 1. The zero-order valence-corrected chi connectivity index (χ0v) is 10.3. The summed E-state index contributed by atoms with van der Waals surface area (Å²) in [7, 11) is 1.19. The van der Waals surface area contributed by atoms with Crippen molar-refractivity contribution in [2.75, 3.05) is 13.7 Å². The standard InChI is InChI=1S/C13H15F2NO2/c1-4-7-16-13(2,12(17)18-3)10-8-9(14)5-6-11(10)15/h4-6,8,16H,1,7H2,2-3H3. The highest BCUT2D eigenvalue weighted by Crippen LogP contribution is 2.26. The maximum absolute atomic E-state index is 13.7. The highest BCUT2D eigenvalue weighted by Gasteiger charge is 2.38. The molecular formula is C13H15F2NO2. The number of ether oxygens (including phenoxy) is 1. The fourth-order valence-corrected chi connectivity index (χ4v) is 1.64. The van der Waals surface area contributed by atoms with Gasteiger partial charge in [0.2, 0.25) is 0 Å². The molecule has 0 aliphatic rings. The summed E-state index contributed by atoms with van der Waals surface area (Å²) in [6, 6.07) is 2.94. The average Bonchev–Trinajstić information content (AvgIpc) is 2.37. The summed E-state index contributed by atoms with van der Waals surface area (Å²) in [6.07, 6.45) is 1.51. The van der Waals surface area contributed by atoms with E-state index in [0.29, 0.717) is 0 Å². The van der Waals surface area contributed by atoms with Crippen LogP contribution in [0, 0.1) is 11.6 Å². The minimum atomic E-state index is -1.46. The summed E-state index contributed by atoms with van der Waals surface area (Å²) < 4.78 is 31.6. The van der Waals surface area contributed by atoms with Crippen LogP contribution >= 0.6 is 0 Å². The van der Waals surface area contributed by atoms with E-state index in [1.165, 1.54) is 20.1 Å². The summed E-state index contributed by atoms with van der Waals surface area (Å²) in [6.45, 7) is 5.18. The lowest BCUT2D eigenvalue weighted by Gasteiger charge is -2.28. The van der Waals surface area contributed by atoms with Gasteiger partial charge in [0, 0.05) is 12.1 Å². The number of benzene rings is 1. The van der Waals surface area contributed by atoms with E-state index in [1.54, 1.807) is 0 Å². The van der Waals surface area contributed by atoms with Crippen LogP contribution in [0.25, 0.3) is 0 Å². The van der Waals surface area contributed by atoms with Crippen molar-refractivity contribution in [1.29, 1.82) is 0 Å². The largest absolute Gasteiger partial charge is 0.467 e. The Bertz CT molecular complexity index is 462.